The molecule has 0 atom stereocenters. The average Bonchev–Trinajstić information content (AvgIpc) is 2.76. The zero-order valence-electron chi connectivity index (χ0n) is 18.5. The van der Waals surface area contributed by atoms with Crippen molar-refractivity contribution < 1.29 is 14.3 Å². The molecular weight excluding hydrogens is 442 g/mol. The Balaban J connectivity index is 1.56. The molecule has 9 heteroatoms. The van der Waals surface area contributed by atoms with Crippen LogP contribution in [0.1, 0.15) is 30.2 Å². The van der Waals surface area contributed by atoms with Crippen LogP contribution in [-0.2, 0) is 17.6 Å². The molecule has 0 aliphatic rings. The molecule has 1 aromatic heterocycles. The number of halogens is 1. The second kappa shape index (κ2) is 11.3. The van der Waals surface area contributed by atoms with Crippen LogP contribution in [0.3, 0.4) is 0 Å². The number of nitrogens with one attached hydrogen (secondary N) is 2. The molecule has 33 heavy (non-hydrogen) atoms. The highest BCUT2D eigenvalue weighted by Gasteiger charge is 2.10. The number of nitrogen functional groups attached to an aromatic ring is 1. The summed E-state index contributed by atoms with van der Waals surface area (Å²) in [5.41, 5.74) is 11.1. The summed E-state index contributed by atoms with van der Waals surface area (Å²) in [5.74, 6) is 0.235. The molecule has 3 amide bonds. The van der Waals surface area contributed by atoms with Crippen molar-refractivity contribution in [2.75, 3.05) is 17.7 Å². The van der Waals surface area contributed by atoms with Gasteiger partial charge in [0.05, 0.1) is 12.3 Å². The average molecular weight is 468 g/mol. The lowest BCUT2D eigenvalue weighted by molar-refractivity contribution is 0.154. The van der Waals surface area contributed by atoms with Crippen molar-refractivity contribution in [3.05, 3.63) is 70.4 Å². The van der Waals surface area contributed by atoms with E-state index in [1.807, 2.05) is 43.3 Å². The summed E-state index contributed by atoms with van der Waals surface area (Å²) in [7, 11) is 0. The normalized spacial score (nSPS) is 10.5. The highest BCUT2D eigenvalue weighted by molar-refractivity contribution is 6.31. The standard InChI is InChI=1S/C24H26ClN5O3/c1-3-33-24(32)30-23(31)28-17-12-10-16(11-13-17)6-4-7-18-14-21(29-22(26)27-18)19-8-5-9-20(25)15(19)2/h5,8-14H,3-4,6-7H2,1-2H3,(H2,26,27,29)(H2,28,30,31,32). The van der Waals surface area contributed by atoms with E-state index in [-0.39, 0.29) is 12.6 Å². The van der Waals surface area contributed by atoms with Crippen molar-refractivity contribution >= 4 is 35.4 Å². The van der Waals surface area contributed by atoms with Crippen molar-refractivity contribution in [1.29, 1.82) is 0 Å². The third kappa shape index (κ3) is 6.92. The number of aromatic nitrogens is 2. The van der Waals surface area contributed by atoms with Gasteiger partial charge in [-0.25, -0.2) is 24.9 Å². The van der Waals surface area contributed by atoms with Gasteiger partial charge < -0.3 is 15.8 Å². The summed E-state index contributed by atoms with van der Waals surface area (Å²) in [6.07, 6.45) is 1.64. The van der Waals surface area contributed by atoms with Gasteiger partial charge in [0.1, 0.15) is 0 Å². The zero-order valence-corrected chi connectivity index (χ0v) is 19.3. The van der Waals surface area contributed by atoms with E-state index in [9.17, 15) is 9.59 Å². The van der Waals surface area contributed by atoms with Crippen LogP contribution in [0.15, 0.2) is 48.5 Å². The van der Waals surface area contributed by atoms with Gasteiger partial charge in [-0.15, -0.1) is 0 Å². The Hall–Kier alpha value is -3.65. The SMILES string of the molecule is CCOC(=O)NC(=O)Nc1ccc(CCCc2cc(-c3cccc(Cl)c3C)nc(N)n2)cc1. The van der Waals surface area contributed by atoms with E-state index < -0.39 is 12.1 Å². The van der Waals surface area contributed by atoms with Gasteiger partial charge in [-0.1, -0.05) is 35.9 Å². The summed E-state index contributed by atoms with van der Waals surface area (Å²) in [6.45, 7) is 3.81. The molecule has 4 N–H and O–H groups in total. The van der Waals surface area contributed by atoms with E-state index >= 15 is 0 Å². The number of nitrogens with two attached hydrogens (primary N) is 1. The second-order valence-corrected chi connectivity index (χ2v) is 7.77. The van der Waals surface area contributed by atoms with Gasteiger partial charge in [0.2, 0.25) is 5.95 Å². The minimum atomic E-state index is -0.786. The fourth-order valence-corrected chi connectivity index (χ4v) is 3.49. The first-order valence-corrected chi connectivity index (χ1v) is 11.0. The maximum absolute atomic E-state index is 11.8. The number of hydrogen-bond acceptors (Lipinski definition) is 6. The molecule has 3 rings (SSSR count). The van der Waals surface area contributed by atoms with Crippen molar-refractivity contribution in [2.24, 2.45) is 0 Å². The van der Waals surface area contributed by atoms with Crippen LogP contribution >= 0.6 is 11.6 Å². The van der Waals surface area contributed by atoms with Crippen LogP contribution < -0.4 is 16.4 Å². The van der Waals surface area contributed by atoms with E-state index in [4.69, 9.17) is 17.3 Å². The first-order chi connectivity index (χ1) is 15.9. The monoisotopic (exact) mass is 467 g/mol. The topological polar surface area (TPSA) is 119 Å². The van der Waals surface area contributed by atoms with Crippen LogP contribution in [0.2, 0.25) is 5.02 Å². The first kappa shape index (κ1) is 24.0. The molecule has 8 nitrogen and oxygen atoms in total. The highest BCUT2D eigenvalue weighted by atomic mass is 35.5. The fraction of sp³-hybridized carbons (Fsp3) is 0.250. The van der Waals surface area contributed by atoms with E-state index in [0.717, 1.165) is 47.3 Å². The lowest BCUT2D eigenvalue weighted by Crippen LogP contribution is -2.34. The zero-order chi connectivity index (χ0) is 23.8. The summed E-state index contributed by atoms with van der Waals surface area (Å²) in [5, 5.41) is 5.35. The van der Waals surface area contributed by atoms with Gasteiger partial charge in [0.15, 0.2) is 0 Å². The van der Waals surface area contributed by atoms with Gasteiger partial charge in [0, 0.05) is 22.0 Å². The smallest absolute Gasteiger partial charge is 0.415 e. The number of alkyl carbamates (subject to hydrolysis) is 1. The van der Waals surface area contributed by atoms with Crippen LogP contribution in [-0.4, -0.2) is 28.7 Å². The molecule has 1 heterocycles. The van der Waals surface area contributed by atoms with Crippen molar-refractivity contribution in [3.63, 3.8) is 0 Å². The van der Waals surface area contributed by atoms with Gasteiger partial charge >= 0.3 is 12.1 Å². The predicted molar refractivity (Wildman–Crippen MR) is 129 cm³/mol. The number of carbonyl (C=O) groups is 2. The van der Waals surface area contributed by atoms with E-state index in [1.165, 1.54) is 0 Å². The Morgan fingerprint density at radius 2 is 1.85 bits per heavy atom. The van der Waals surface area contributed by atoms with Gasteiger partial charge in [-0.2, -0.15) is 0 Å². The number of hydrogen-bond donors (Lipinski definition) is 3. The Labute approximate surface area is 197 Å². The summed E-state index contributed by atoms with van der Waals surface area (Å²) in [4.78, 5) is 31.8. The van der Waals surface area contributed by atoms with E-state index in [0.29, 0.717) is 10.7 Å². The third-order valence-corrected chi connectivity index (χ3v) is 5.35. The van der Waals surface area contributed by atoms with Crippen molar-refractivity contribution in [1.82, 2.24) is 15.3 Å². The number of benzene rings is 2. The fourth-order valence-electron chi connectivity index (χ4n) is 3.32. The number of imide groups is 1. The van der Waals surface area contributed by atoms with Crippen LogP contribution in [0.25, 0.3) is 11.3 Å². The van der Waals surface area contributed by atoms with Crippen LogP contribution in [0.5, 0.6) is 0 Å². The number of aryl methyl sites for hydroxylation is 2. The molecule has 3 aromatic rings. The number of ether oxygens (including phenoxy) is 1. The summed E-state index contributed by atoms with van der Waals surface area (Å²) < 4.78 is 4.67. The Morgan fingerprint density at radius 1 is 1.09 bits per heavy atom. The molecule has 0 spiro atoms. The molecule has 0 bridgehead atoms. The van der Waals surface area contributed by atoms with Crippen molar-refractivity contribution in [2.45, 2.75) is 33.1 Å². The molecule has 0 aliphatic heterocycles. The predicted octanol–water partition coefficient (Wildman–Crippen LogP) is 5.14. The highest BCUT2D eigenvalue weighted by Crippen LogP contribution is 2.28. The lowest BCUT2D eigenvalue weighted by Gasteiger charge is -2.10. The first-order valence-electron chi connectivity index (χ1n) is 10.6. The molecule has 0 radical (unpaired) electrons. The minimum Gasteiger partial charge on any atom is -0.450 e. The Morgan fingerprint density at radius 3 is 2.58 bits per heavy atom. The number of amides is 3. The van der Waals surface area contributed by atoms with Gasteiger partial charge in [-0.3, -0.25) is 0 Å². The maximum Gasteiger partial charge on any atom is 0.415 e. The number of rotatable bonds is 7. The minimum absolute atomic E-state index is 0.191. The maximum atomic E-state index is 11.8. The molecular formula is C24H26ClN5O3. The van der Waals surface area contributed by atoms with E-state index in [1.54, 1.807) is 19.1 Å². The Bertz CT molecular complexity index is 1140. The van der Waals surface area contributed by atoms with Gasteiger partial charge in [0.25, 0.3) is 0 Å². The number of nitrogens with zero attached hydrogens (tertiary/aromatic N) is 2. The largest absolute Gasteiger partial charge is 0.450 e. The number of carbonyl (C=O) groups excluding carboxylic acids is 2. The van der Waals surface area contributed by atoms with Gasteiger partial charge in [-0.05, 0) is 68.5 Å². The van der Waals surface area contributed by atoms with E-state index in [2.05, 4.69) is 25.3 Å². The summed E-state index contributed by atoms with van der Waals surface area (Å²) >= 11 is 6.25. The van der Waals surface area contributed by atoms with Crippen LogP contribution in [0, 0.1) is 6.92 Å². The second-order valence-electron chi connectivity index (χ2n) is 7.37. The molecule has 2 aromatic carbocycles. The molecule has 0 fully saturated rings. The molecule has 0 unspecified atom stereocenters. The number of urea groups is 1. The third-order valence-electron chi connectivity index (χ3n) is 4.94. The lowest BCUT2D eigenvalue weighted by atomic mass is 10.0. The molecule has 0 saturated carbocycles. The molecule has 0 saturated heterocycles. The molecule has 172 valence electrons. The quantitative estimate of drug-likeness (QED) is 0.442. The van der Waals surface area contributed by atoms with Crippen LogP contribution in [0.4, 0.5) is 21.2 Å². The molecule has 0 aliphatic carbocycles. The number of anilines is 2. The van der Waals surface area contributed by atoms with Crippen molar-refractivity contribution in [3.8, 4) is 11.3 Å². The summed E-state index contributed by atoms with van der Waals surface area (Å²) in [6, 6.07) is 14.4. The Kier molecular flexibility index (Phi) is 8.21.